The lowest BCUT2D eigenvalue weighted by Crippen LogP contribution is -2.36. The number of aryl methyl sites for hydroxylation is 1. The number of hydrogen-bond acceptors (Lipinski definition) is 3. The van der Waals surface area contributed by atoms with E-state index in [1.165, 1.54) is 4.90 Å². The fourth-order valence-electron chi connectivity index (χ4n) is 1.57. The van der Waals surface area contributed by atoms with Crippen LogP contribution in [0.15, 0.2) is 16.8 Å². The molecule has 0 fully saturated rings. The van der Waals surface area contributed by atoms with Gasteiger partial charge < -0.3 is 10.0 Å². The first-order valence-electron chi connectivity index (χ1n) is 5.64. The van der Waals surface area contributed by atoms with E-state index in [0.717, 1.165) is 12.0 Å². The summed E-state index contributed by atoms with van der Waals surface area (Å²) in [6, 6.07) is 1.99. The van der Waals surface area contributed by atoms with Gasteiger partial charge >= 0.3 is 5.97 Å². The summed E-state index contributed by atoms with van der Waals surface area (Å²) >= 11 is 1.60. The summed E-state index contributed by atoms with van der Waals surface area (Å²) in [6.45, 7) is 2.24. The molecule has 1 rings (SSSR count). The molecule has 0 unspecified atom stereocenters. The van der Waals surface area contributed by atoms with Crippen LogP contribution in [0.2, 0.25) is 0 Å². The van der Waals surface area contributed by atoms with Gasteiger partial charge in [-0.15, -0.1) is 0 Å². The quantitative estimate of drug-likeness (QED) is 0.810. The minimum absolute atomic E-state index is 0.0829. The van der Waals surface area contributed by atoms with E-state index in [4.69, 9.17) is 5.11 Å². The third-order valence-corrected chi connectivity index (χ3v) is 3.11. The molecule has 0 aliphatic carbocycles. The molecule has 0 radical (unpaired) electrons. The topological polar surface area (TPSA) is 57.6 Å². The van der Waals surface area contributed by atoms with Crippen LogP contribution in [0.3, 0.4) is 0 Å². The molecule has 0 atom stereocenters. The Labute approximate surface area is 105 Å². The maximum absolute atomic E-state index is 11.8. The van der Waals surface area contributed by atoms with E-state index in [1.807, 2.05) is 23.8 Å². The fourth-order valence-corrected chi connectivity index (χ4v) is 2.27. The van der Waals surface area contributed by atoms with Crippen LogP contribution in [-0.4, -0.2) is 35.0 Å². The van der Waals surface area contributed by atoms with E-state index in [-0.39, 0.29) is 12.5 Å². The second-order valence-electron chi connectivity index (χ2n) is 3.84. The second kappa shape index (κ2) is 7.06. The zero-order chi connectivity index (χ0) is 12.7. The standard InChI is InChI=1S/C12H17NO3S/c1-2-6-13(8-12(15)16)11(14)4-3-10-5-7-17-9-10/h5,7,9H,2-4,6,8H2,1H3,(H,15,16). The van der Waals surface area contributed by atoms with Gasteiger partial charge in [-0.25, -0.2) is 0 Å². The van der Waals surface area contributed by atoms with Crippen molar-refractivity contribution >= 4 is 23.2 Å². The third-order valence-electron chi connectivity index (χ3n) is 2.38. The smallest absolute Gasteiger partial charge is 0.323 e. The molecule has 0 saturated carbocycles. The van der Waals surface area contributed by atoms with Crippen molar-refractivity contribution in [3.05, 3.63) is 22.4 Å². The monoisotopic (exact) mass is 255 g/mol. The predicted molar refractivity (Wildman–Crippen MR) is 67.1 cm³/mol. The van der Waals surface area contributed by atoms with E-state index in [2.05, 4.69) is 0 Å². The number of amides is 1. The molecule has 0 aliphatic heterocycles. The Kier molecular flexibility index (Phi) is 5.69. The Bertz CT molecular complexity index is 362. The van der Waals surface area contributed by atoms with Crippen LogP contribution in [0, 0.1) is 0 Å². The van der Waals surface area contributed by atoms with Gasteiger partial charge in [-0.2, -0.15) is 11.3 Å². The predicted octanol–water partition coefficient (Wildman–Crippen LogP) is 2.00. The highest BCUT2D eigenvalue weighted by atomic mass is 32.1. The number of rotatable bonds is 7. The molecule has 0 aliphatic rings. The van der Waals surface area contributed by atoms with Crippen molar-refractivity contribution in [3.8, 4) is 0 Å². The van der Waals surface area contributed by atoms with Crippen molar-refractivity contribution in [1.82, 2.24) is 4.90 Å². The van der Waals surface area contributed by atoms with E-state index in [1.54, 1.807) is 11.3 Å². The summed E-state index contributed by atoms with van der Waals surface area (Å²) in [5, 5.41) is 12.7. The summed E-state index contributed by atoms with van der Waals surface area (Å²) in [5.74, 6) is -1.04. The van der Waals surface area contributed by atoms with Crippen LogP contribution >= 0.6 is 11.3 Å². The number of carbonyl (C=O) groups excluding carboxylic acids is 1. The minimum atomic E-state index is -0.956. The van der Waals surface area contributed by atoms with Gasteiger partial charge in [0.15, 0.2) is 0 Å². The summed E-state index contributed by atoms with van der Waals surface area (Å²) in [4.78, 5) is 23.9. The molecule has 1 N–H and O–H groups in total. The van der Waals surface area contributed by atoms with E-state index in [0.29, 0.717) is 19.4 Å². The van der Waals surface area contributed by atoms with Crippen LogP contribution in [0.5, 0.6) is 0 Å². The van der Waals surface area contributed by atoms with Gasteiger partial charge in [0.05, 0.1) is 0 Å². The molecule has 1 aromatic rings. The lowest BCUT2D eigenvalue weighted by atomic mass is 10.2. The lowest BCUT2D eigenvalue weighted by Gasteiger charge is -2.19. The summed E-state index contributed by atoms with van der Waals surface area (Å²) in [6.07, 6.45) is 1.84. The van der Waals surface area contributed by atoms with Crippen LogP contribution in [0.25, 0.3) is 0 Å². The van der Waals surface area contributed by atoms with Gasteiger partial charge in [-0.1, -0.05) is 6.92 Å². The number of aliphatic carboxylic acids is 1. The van der Waals surface area contributed by atoms with Crippen molar-refractivity contribution in [2.75, 3.05) is 13.1 Å². The molecule has 4 nitrogen and oxygen atoms in total. The maximum atomic E-state index is 11.8. The summed E-state index contributed by atoms with van der Waals surface area (Å²) < 4.78 is 0. The lowest BCUT2D eigenvalue weighted by molar-refractivity contribution is -0.144. The first kappa shape index (κ1) is 13.7. The minimum Gasteiger partial charge on any atom is -0.480 e. The molecule has 1 amide bonds. The first-order chi connectivity index (χ1) is 8.13. The Balaban J connectivity index is 2.44. The van der Waals surface area contributed by atoms with Crippen molar-refractivity contribution in [1.29, 1.82) is 0 Å². The Hall–Kier alpha value is -1.36. The average Bonchev–Trinajstić information content (AvgIpc) is 2.77. The average molecular weight is 255 g/mol. The van der Waals surface area contributed by atoms with Crippen LogP contribution in [-0.2, 0) is 16.0 Å². The number of nitrogens with zero attached hydrogens (tertiary/aromatic N) is 1. The number of thiophene rings is 1. The van der Waals surface area contributed by atoms with Crippen LogP contribution in [0.4, 0.5) is 0 Å². The Morgan fingerprint density at radius 3 is 2.76 bits per heavy atom. The number of carboxylic acids is 1. The molecule has 0 spiro atoms. The van der Waals surface area contributed by atoms with Gasteiger partial charge in [0, 0.05) is 13.0 Å². The molecular weight excluding hydrogens is 238 g/mol. The highest BCUT2D eigenvalue weighted by Gasteiger charge is 2.15. The Morgan fingerprint density at radius 1 is 1.47 bits per heavy atom. The SMILES string of the molecule is CCCN(CC(=O)O)C(=O)CCc1ccsc1. The van der Waals surface area contributed by atoms with Crippen molar-refractivity contribution in [2.24, 2.45) is 0 Å². The molecule has 17 heavy (non-hydrogen) atoms. The molecule has 1 heterocycles. The first-order valence-corrected chi connectivity index (χ1v) is 6.58. The second-order valence-corrected chi connectivity index (χ2v) is 4.62. The summed E-state index contributed by atoms with van der Waals surface area (Å²) in [7, 11) is 0. The van der Waals surface area contributed by atoms with Crippen LogP contribution in [0.1, 0.15) is 25.3 Å². The highest BCUT2D eigenvalue weighted by molar-refractivity contribution is 7.07. The van der Waals surface area contributed by atoms with E-state index < -0.39 is 5.97 Å². The summed E-state index contributed by atoms with van der Waals surface area (Å²) in [5.41, 5.74) is 1.13. The normalized spacial score (nSPS) is 10.2. The fraction of sp³-hybridized carbons (Fsp3) is 0.500. The number of hydrogen-bond donors (Lipinski definition) is 1. The van der Waals surface area contributed by atoms with Crippen molar-refractivity contribution in [2.45, 2.75) is 26.2 Å². The van der Waals surface area contributed by atoms with Crippen LogP contribution < -0.4 is 0 Å². The number of carboxylic acid groups (broad SMARTS) is 1. The maximum Gasteiger partial charge on any atom is 0.323 e. The molecule has 94 valence electrons. The van der Waals surface area contributed by atoms with E-state index >= 15 is 0 Å². The van der Waals surface area contributed by atoms with Crippen molar-refractivity contribution in [3.63, 3.8) is 0 Å². The molecule has 0 aromatic carbocycles. The highest BCUT2D eigenvalue weighted by Crippen LogP contribution is 2.09. The Morgan fingerprint density at radius 2 is 2.24 bits per heavy atom. The molecular formula is C12H17NO3S. The number of carbonyl (C=O) groups is 2. The molecule has 1 aromatic heterocycles. The van der Waals surface area contributed by atoms with E-state index in [9.17, 15) is 9.59 Å². The van der Waals surface area contributed by atoms with Gasteiger partial charge in [0.25, 0.3) is 0 Å². The third kappa shape index (κ3) is 4.99. The van der Waals surface area contributed by atoms with Gasteiger partial charge in [-0.05, 0) is 35.2 Å². The zero-order valence-electron chi connectivity index (χ0n) is 9.89. The van der Waals surface area contributed by atoms with Crippen molar-refractivity contribution < 1.29 is 14.7 Å². The molecule has 0 saturated heterocycles. The largest absolute Gasteiger partial charge is 0.480 e. The molecule has 5 heteroatoms. The zero-order valence-corrected chi connectivity index (χ0v) is 10.7. The van der Waals surface area contributed by atoms with Gasteiger partial charge in [-0.3, -0.25) is 9.59 Å². The van der Waals surface area contributed by atoms with Gasteiger partial charge in [0.1, 0.15) is 6.54 Å². The van der Waals surface area contributed by atoms with Gasteiger partial charge in [0.2, 0.25) is 5.91 Å². The molecule has 0 bridgehead atoms.